The van der Waals surface area contributed by atoms with E-state index < -0.39 is 15.4 Å². The molecule has 2 aromatic carbocycles. The maximum Gasteiger partial charge on any atom is 0.211 e. The second-order valence-electron chi connectivity index (χ2n) is 8.19. The number of nitrogens with one attached hydrogen (secondary N) is 1. The van der Waals surface area contributed by atoms with Crippen molar-refractivity contribution < 1.29 is 17.6 Å². The van der Waals surface area contributed by atoms with Crippen molar-refractivity contribution in [1.29, 1.82) is 0 Å². The number of hydrogen-bond acceptors (Lipinski definition) is 5. The van der Waals surface area contributed by atoms with Gasteiger partial charge in [0.15, 0.2) is 10.4 Å². The van der Waals surface area contributed by atoms with Crippen LogP contribution in [0.4, 0.5) is 0 Å². The lowest BCUT2D eigenvalue weighted by Crippen LogP contribution is -2.21. The van der Waals surface area contributed by atoms with E-state index in [2.05, 4.69) is 39.5 Å². The standard InChI is InChI=1S/C23H24BrCl3N2O4S/c1-23(2,16-11-17(26)21(18(27)12-16)32-10-4-9-25)15-7-5-14(6-8-15)20-22(24)33-19(29-20)13-28-34(3,30)31/h5-8,11-12,28H,4,9-10,13H2,1-3H3. The van der Waals surface area contributed by atoms with E-state index in [4.69, 9.17) is 44.0 Å². The highest BCUT2D eigenvalue weighted by molar-refractivity contribution is 9.10. The molecule has 0 atom stereocenters. The Balaban J connectivity index is 1.83. The third kappa shape index (κ3) is 6.68. The maximum absolute atomic E-state index is 11.3. The van der Waals surface area contributed by atoms with Crippen molar-refractivity contribution in [2.45, 2.75) is 32.2 Å². The number of nitrogens with zero attached hydrogens (tertiary/aromatic N) is 1. The molecule has 0 fully saturated rings. The molecule has 0 bridgehead atoms. The first kappa shape index (κ1) is 27.3. The number of aromatic nitrogens is 1. The first-order valence-electron chi connectivity index (χ1n) is 10.3. The fourth-order valence-corrected chi connectivity index (χ4v) is 4.88. The lowest BCUT2D eigenvalue weighted by atomic mass is 9.78. The summed E-state index contributed by atoms with van der Waals surface area (Å²) >= 11 is 22.0. The van der Waals surface area contributed by atoms with Crippen LogP contribution in [0.2, 0.25) is 10.0 Å². The first-order valence-corrected chi connectivity index (χ1v) is 14.3. The highest BCUT2D eigenvalue weighted by Gasteiger charge is 2.26. The molecule has 6 nitrogen and oxygen atoms in total. The number of oxazole rings is 1. The molecule has 0 radical (unpaired) electrons. The van der Waals surface area contributed by atoms with Gasteiger partial charge in [-0.25, -0.2) is 18.1 Å². The van der Waals surface area contributed by atoms with Crippen molar-refractivity contribution in [1.82, 2.24) is 9.71 Å². The molecule has 11 heteroatoms. The van der Waals surface area contributed by atoms with E-state index in [0.717, 1.165) is 22.9 Å². The summed E-state index contributed by atoms with van der Waals surface area (Å²) in [4.78, 5) is 4.40. The SMILES string of the molecule is CC(C)(c1ccc(-c2nc(CNS(C)(=O)=O)oc2Br)cc1)c1cc(Cl)c(OCCCCl)c(Cl)c1. The minimum Gasteiger partial charge on any atom is -0.490 e. The Morgan fingerprint density at radius 1 is 1.12 bits per heavy atom. The molecule has 0 saturated heterocycles. The molecular weight excluding hydrogens is 587 g/mol. The minimum absolute atomic E-state index is 0.0321. The van der Waals surface area contributed by atoms with E-state index in [1.54, 1.807) is 0 Å². The normalized spacial score (nSPS) is 12.2. The highest BCUT2D eigenvalue weighted by atomic mass is 79.9. The summed E-state index contributed by atoms with van der Waals surface area (Å²) in [5, 5.41) is 0.895. The largest absolute Gasteiger partial charge is 0.490 e. The molecule has 0 aliphatic carbocycles. The second-order valence-corrected chi connectivity index (χ2v) is 11.9. The molecule has 0 aliphatic heterocycles. The van der Waals surface area contributed by atoms with Crippen LogP contribution in [0, 0.1) is 0 Å². The van der Waals surface area contributed by atoms with Gasteiger partial charge in [0.25, 0.3) is 0 Å². The number of alkyl halides is 1. The van der Waals surface area contributed by atoms with Gasteiger partial charge in [-0.05, 0) is 45.6 Å². The number of hydrogen-bond donors (Lipinski definition) is 1. The van der Waals surface area contributed by atoms with Crippen LogP contribution in [0.3, 0.4) is 0 Å². The van der Waals surface area contributed by atoms with Gasteiger partial charge in [0, 0.05) is 16.9 Å². The Morgan fingerprint density at radius 2 is 1.74 bits per heavy atom. The van der Waals surface area contributed by atoms with Crippen LogP contribution < -0.4 is 9.46 Å². The summed E-state index contributed by atoms with van der Waals surface area (Å²) in [5.41, 5.74) is 2.99. The Hall–Kier alpha value is -1.29. The third-order valence-corrected chi connectivity index (χ3v) is 7.27. The van der Waals surface area contributed by atoms with Crippen molar-refractivity contribution >= 4 is 60.8 Å². The second kappa shape index (κ2) is 11.2. The topological polar surface area (TPSA) is 81.4 Å². The maximum atomic E-state index is 11.3. The number of halogens is 4. The molecule has 0 unspecified atom stereocenters. The summed E-state index contributed by atoms with van der Waals surface area (Å²) in [6, 6.07) is 11.6. The van der Waals surface area contributed by atoms with E-state index in [9.17, 15) is 8.42 Å². The summed E-state index contributed by atoms with van der Waals surface area (Å²) in [5.74, 6) is 1.22. The monoisotopic (exact) mass is 608 g/mol. The molecule has 0 aliphatic rings. The Kier molecular flexibility index (Phi) is 8.98. The zero-order valence-electron chi connectivity index (χ0n) is 18.8. The van der Waals surface area contributed by atoms with E-state index in [1.807, 2.05) is 36.4 Å². The van der Waals surface area contributed by atoms with Gasteiger partial charge in [0.05, 0.1) is 29.5 Å². The van der Waals surface area contributed by atoms with E-state index in [-0.39, 0.29) is 12.4 Å². The predicted molar refractivity (Wildman–Crippen MR) is 141 cm³/mol. The molecule has 1 N–H and O–H groups in total. The Labute approximate surface area is 223 Å². The van der Waals surface area contributed by atoms with Crippen LogP contribution in [0.15, 0.2) is 45.5 Å². The molecule has 3 aromatic rings. The van der Waals surface area contributed by atoms with Crippen molar-refractivity contribution in [3.63, 3.8) is 0 Å². The van der Waals surface area contributed by atoms with E-state index in [0.29, 0.717) is 45.1 Å². The molecule has 1 heterocycles. The van der Waals surface area contributed by atoms with Crippen molar-refractivity contribution in [2.24, 2.45) is 0 Å². The zero-order chi connectivity index (χ0) is 25.1. The van der Waals surface area contributed by atoms with Gasteiger partial charge < -0.3 is 9.15 Å². The summed E-state index contributed by atoms with van der Waals surface area (Å²) < 4.78 is 36.6. The fourth-order valence-electron chi connectivity index (χ4n) is 3.29. The lowest BCUT2D eigenvalue weighted by molar-refractivity contribution is 0.318. The van der Waals surface area contributed by atoms with E-state index >= 15 is 0 Å². The van der Waals surface area contributed by atoms with Crippen LogP contribution in [0.25, 0.3) is 11.3 Å². The van der Waals surface area contributed by atoms with Gasteiger partial charge in [-0.15, -0.1) is 11.6 Å². The molecule has 34 heavy (non-hydrogen) atoms. The number of ether oxygens (including phenoxy) is 1. The number of rotatable bonds is 10. The van der Waals surface area contributed by atoms with Gasteiger partial charge in [-0.3, -0.25) is 0 Å². The van der Waals surface area contributed by atoms with Crippen LogP contribution in [0.1, 0.15) is 37.3 Å². The van der Waals surface area contributed by atoms with Crippen LogP contribution >= 0.6 is 50.7 Å². The molecule has 3 rings (SSSR count). The molecule has 0 amide bonds. The van der Waals surface area contributed by atoms with Gasteiger partial charge in [-0.2, -0.15) is 0 Å². The quantitative estimate of drug-likeness (QED) is 0.202. The minimum atomic E-state index is -3.35. The Bertz CT molecular complexity index is 1240. The average molecular weight is 611 g/mol. The van der Waals surface area contributed by atoms with Crippen LogP contribution in [0.5, 0.6) is 5.75 Å². The fraction of sp³-hybridized carbons (Fsp3) is 0.348. The van der Waals surface area contributed by atoms with Gasteiger partial charge in [0.2, 0.25) is 15.9 Å². The zero-order valence-corrected chi connectivity index (χ0v) is 23.5. The molecule has 0 saturated carbocycles. The van der Waals surface area contributed by atoms with Gasteiger partial charge >= 0.3 is 0 Å². The Morgan fingerprint density at radius 3 is 2.29 bits per heavy atom. The molecule has 184 valence electrons. The van der Waals surface area contributed by atoms with Crippen LogP contribution in [-0.2, 0) is 22.0 Å². The van der Waals surface area contributed by atoms with Gasteiger partial charge in [-0.1, -0.05) is 61.3 Å². The highest BCUT2D eigenvalue weighted by Crippen LogP contribution is 2.41. The van der Waals surface area contributed by atoms with Gasteiger partial charge in [0.1, 0.15) is 5.69 Å². The lowest BCUT2D eigenvalue weighted by Gasteiger charge is -2.27. The van der Waals surface area contributed by atoms with Crippen molar-refractivity contribution in [3.05, 3.63) is 68.1 Å². The molecule has 0 spiro atoms. The smallest absolute Gasteiger partial charge is 0.211 e. The molecule has 1 aromatic heterocycles. The number of sulfonamides is 1. The first-order chi connectivity index (χ1) is 15.9. The van der Waals surface area contributed by atoms with Crippen molar-refractivity contribution in [2.75, 3.05) is 18.7 Å². The summed E-state index contributed by atoms with van der Waals surface area (Å²) in [7, 11) is -3.35. The van der Waals surface area contributed by atoms with Crippen LogP contribution in [-0.4, -0.2) is 32.1 Å². The average Bonchev–Trinajstić information content (AvgIpc) is 3.14. The van der Waals surface area contributed by atoms with Crippen molar-refractivity contribution in [3.8, 4) is 17.0 Å². The third-order valence-electron chi connectivity index (χ3n) is 5.24. The molecular formula is C23H24BrCl3N2O4S. The summed E-state index contributed by atoms with van der Waals surface area (Å²) in [6.07, 6.45) is 1.78. The number of benzene rings is 2. The predicted octanol–water partition coefficient (Wildman–Crippen LogP) is 6.79. The van der Waals surface area contributed by atoms with E-state index in [1.165, 1.54) is 0 Å². The summed E-state index contributed by atoms with van der Waals surface area (Å²) in [6.45, 7) is 4.57.